The molecule has 0 radical (unpaired) electrons. The average molecular weight is 262 g/mol. The first-order chi connectivity index (χ1) is 9.13. The summed E-state index contributed by atoms with van der Waals surface area (Å²) in [6.07, 6.45) is 2.84. The van der Waals surface area contributed by atoms with Gasteiger partial charge < -0.3 is 14.6 Å². The van der Waals surface area contributed by atoms with Crippen molar-refractivity contribution in [2.24, 2.45) is 5.92 Å². The summed E-state index contributed by atoms with van der Waals surface area (Å²) in [6, 6.07) is 4.57. The number of carbonyl (C=O) groups is 1. The highest BCUT2D eigenvalue weighted by atomic mass is 16.3. The minimum atomic E-state index is 0.251. The normalized spacial score (nSPS) is 30.7. The van der Waals surface area contributed by atoms with E-state index in [-0.39, 0.29) is 5.91 Å². The van der Waals surface area contributed by atoms with E-state index in [1.165, 1.54) is 6.42 Å². The van der Waals surface area contributed by atoms with E-state index >= 15 is 0 Å². The lowest BCUT2D eigenvalue weighted by molar-refractivity contribution is -0.132. The maximum Gasteiger partial charge on any atom is 0.222 e. The standard InChI is InChI=1S/C15H22N2O2/c1-10-7-13(10)14-5-4-12(19-14)8-16-11-3-6-15(18)17(2)9-11/h4-5,10-11,13,16H,3,6-9H2,1-2H3. The first-order valence-corrected chi connectivity index (χ1v) is 7.19. The molecule has 1 aliphatic carbocycles. The van der Waals surface area contributed by atoms with E-state index in [9.17, 15) is 4.79 Å². The van der Waals surface area contributed by atoms with E-state index < -0.39 is 0 Å². The molecule has 4 heteroatoms. The Morgan fingerprint density at radius 2 is 2.26 bits per heavy atom. The highest BCUT2D eigenvalue weighted by Gasteiger charge is 2.36. The van der Waals surface area contributed by atoms with Crippen LogP contribution < -0.4 is 5.32 Å². The zero-order chi connectivity index (χ0) is 13.4. The van der Waals surface area contributed by atoms with Crippen LogP contribution in [0.2, 0.25) is 0 Å². The van der Waals surface area contributed by atoms with Gasteiger partial charge in [-0.2, -0.15) is 0 Å². The van der Waals surface area contributed by atoms with Gasteiger partial charge in [0.2, 0.25) is 5.91 Å². The second-order valence-corrected chi connectivity index (χ2v) is 6.01. The molecule has 1 saturated carbocycles. The molecule has 0 aromatic carbocycles. The number of nitrogens with zero attached hydrogens (tertiary/aromatic N) is 1. The van der Waals surface area contributed by atoms with Crippen LogP contribution in [0.25, 0.3) is 0 Å². The molecule has 0 spiro atoms. The minimum Gasteiger partial charge on any atom is -0.464 e. The monoisotopic (exact) mass is 262 g/mol. The summed E-state index contributed by atoms with van der Waals surface area (Å²) in [5.41, 5.74) is 0. The predicted molar refractivity (Wildman–Crippen MR) is 72.7 cm³/mol. The molecule has 3 rings (SSSR count). The zero-order valence-electron chi connectivity index (χ0n) is 11.7. The van der Waals surface area contributed by atoms with Crippen LogP contribution in [0, 0.1) is 5.92 Å². The largest absolute Gasteiger partial charge is 0.464 e. The van der Waals surface area contributed by atoms with Crippen LogP contribution in [0.15, 0.2) is 16.5 Å². The highest BCUT2D eigenvalue weighted by Crippen LogP contribution is 2.47. The fraction of sp³-hybridized carbons (Fsp3) is 0.667. The van der Waals surface area contributed by atoms with Crippen LogP contribution in [0.3, 0.4) is 0 Å². The van der Waals surface area contributed by atoms with Crippen molar-refractivity contribution < 1.29 is 9.21 Å². The van der Waals surface area contributed by atoms with E-state index in [1.807, 2.05) is 7.05 Å². The van der Waals surface area contributed by atoms with E-state index in [2.05, 4.69) is 24.4 Å². The molecule has 1 saturated heterocycles. The van der Waals surface area contributed by atoms with Crippen molar-refractivity contribution in [2.45, 2.75) is 44.7 Å². The Bertz CT molecular complexity index is 468. The maximum atomic E-state index is 11.4. The van der Waals surface area contributed by atoms with Crippen LogP contribution in [0.1, 0.15) is 43.6 Å². The molecule has 1 amide bonds. The summed E-state index contributed by atoms with van der Waals surface area (Å²) in [5, 5.41) is 3.49. The lowest BCUT2D eigenvalue weighted by Crippen LogP contribution is -2.46. The lowest BCUT2D eigenvalue weighted by atomic mass is 10.1. The summed E-state index contributed by atoms with van der Waals surface area (Å²) in [7, 11) is 1.87. The van der Waals surface area contributed by atoms with E-state index in [0.29, 0.717) is 18.4 Å². The fourth-order valence-electron chi connectivity index (χ4n) is 2.83. The van der Waals surface area contributed by atoms with Crippen molar-refractivity contribution in [1.82, 2.24) is 10.2 Å². The topological polar surface area (TPSA) is 45.5 Å². The third-order valence-corrected chi connectivity index (χ3v) is 4.35. The Kier molecular flexibility index (Phi) is 3.35. The molecule has 0 bridgehead atoms. The van der Waals surface area contributed by atoms with Crippen molar-refractivity contribution in [3.63, 3.8) is 0 Å². The van der Waals surface area contributed by atoms with Gasteiger partial charge in [-0.05, 0) is 30.9 Å². The van der Waals surface area contributed by atoms with Crippen molar-refractivity contribution in [2.75, 3.05) is 13.6 Å². The number of rotatable bonds is 4. The van der Waals surface area contributed by atoms with Gasteiger partial charge in [-0.1, -0.05) is 6.92 Å². The number of furan rings is 1. The lowest BCUT2D eigenvalue weighted by Gasteiger charge is -2.30. The number of amides is 1. The highest BCUT2D eigenvalue weighted by molar-refractivity contribution is 5.76. The Hall–Kier alpha value is -1.29. The van der Waals surface area contributed by atoms with E-state index in [1.54, 1.807) is 4.90 Å². The number of likely N-dealkylation sites (tertiary alicyclic amines) is 1. The Morgan fingerprint density at radius 3 is 2.95 bits per heavy atom. The Balaban J connectivity index is 1.49. The molecule has 2 aliphatic rings. The number of hydrogen-bond acceptors (Lipinski definition) is 3. The predicted octanol–water partition coefficient (Wildman–Crippen LogP) is 2.11. The van der Waals surface area contributed by atoms with Gasteiger partial charge in [0.05, 0.1) is 6.54 Å². The molecule has 19 heavy (non-hydrogen) atoms. The van der Waals surface area contributed by atoms with Gasteiger partial charge in [0, 0.05) is 32.0 Å². The molecule has 3 atom stereocenters. The zero-order valence-corrected chi connectivity index (χ0v) is 11.7. The quantitative estimate of drug-likeness (QED) is 0.904. The molecular weight excluding hydrogens is 240 g/mol. The summed E-state index contributed by atoms with van der Waals surface area (Å²) in [6.45, 7) is 3.82. The van der Waals surface area contributed by atoms with Gasteiger partial charge in [0.15, 0.2) is 0 Å². The van der Waals surface area contributed by atoms with Crippen molar-refractivity contribution >= 4 is 5.91 Å². The number of hydrogen-bond donors (Lipinski definition) is 1. The van der Waals surface area contributed by atoms with Gasteiger partial charge in [0.25, 0.3) is 0 Å². The van der Waals surface area contributed by atoms with Gasteiger partial charge >= 0.3 is 0 Å². The molecule has 3 unspecified atom stereocenters. The summed E-state index contributed by atoms with van der Waals surface area (Å²) in [5.74, 6) is 3.83. The van der Waals surface area contributed by atoms with Crippen LogP contribution in [0.4, 0.5) is 0 Å². The molecule has 1 aromatic rings. The summed E-state index contributed by atoms with van der Waals surface area (Å²) >= 11 is 0. The van der Waals surface area contributed by atoms with Gasteiger partial charge in [0.1, 0.15) is 11.5 Å². The minimum absolute atomic E-state index is 0.251. The number of carbonyl (C=O) groups excluding carboxylic acids is 1. The summed E-state index contributed by atoms with van der Waals surface area (Å²) in [4.78, 5) is 13.2. The molecule has 104 valence electrons. The molecule has 1 N–H and O–H groups in total. The Morgan fingerprint density at radius 1 is 1.47 bits per heavy atom. The number of nitrogens with one attached hydrogen (secondary N) is 1. The van der Waals surface area contributed by atoms with Crippen molar-refractivity contribution in [3.05, 3.63) is 23.7 Å². The van der Waals surface area contributed by atoms with E-state index in [4.69, 9.17) is 4.42 Å². The first-order valence-electron chi connectivity index (χ1n) is 7.19. The van der Waals surface area contributed by atoms with Crippen molar-refractivity contribution in [1.29, 1.82) is 0 Å². The Labute approximate surface area is 114 Å². The third-order valence-electron chi connectivity index (χ3n) is 4.35. The number of piperidine rings is 1. The second kappa shape index (κ2) is 5.00. The van der Waals surface area contributed by atoms with Crippen LogP contribution in [-0.4, -0.2) is 30.4 Å². The first kappa shape index (κ1) is 12.7. The molecular formula is C15H22N2O2. The van der Waals surface area contributed by atoms with Crippen LogP contribution in [0.5, 0.6) is 0 Å². The van der Waals surface area contributed by atoms with Gasteiger partial charge in [-0.3, -0.25) is 4.79 Å². The smallest absolute Gasteiger partial charge is 0.222 e. The molecule has 1 aromatic heterocycles. The van der Waals surface area contributed by atoms with Crippen molar-refractivity contribution in [3.8, 4) is 0 Å². The average Bonchev–Trinajstić information content (AvgIpc) is 2.94. The summed E-state index contributed by atoms with van der Waals surface area (Å²) < 4.78 is 5.87. The fourth-order valence-corrected chi connectivity index (χ4v) is 2.83. The molecule has 2 fully saturated rings. The molecule has 2 heterocycles. The van der Waals surface area contributed by atoms with Gasteiger partial charge in [-0.15, -0.1) is 0 Å². The SMILES string of the molecule is CC1CC1c1ccc(CNC2CCC(=O)N(C)C2)o1. The van der Waals surface area contributed by atoms with Crippen LogP contribution >= 0.6 is 0 Å². The van der Waals surface area contributed by atoms with Crippen LogP contribution in [-0.2, 0) is 11.3 Å². The third kappa shape index (κ3) is 2.84. The van der Waals surface area contributed by atoms with E-state index in [0.717, 1.165) is 36.9 Å². The maximum absolute atomic E-state index is 11.4. The molecule has 4 nitrogen and oxygen atoms in total. The van der Waals surface area contributed by atoms with Gasteiger partial charge in [-0.25, -0.2) is 0 Å². The molecule has 1 aliphatic heterocycles. The number of likely N-dealkylation sites (N-methyl/N-ethyl adjacent to an activating group) is 1. The second-order valence-electron chi connectivity index (χ2n) is 6.01.